The topological polar surface area (TPSA) is 63.3 Å². The minimum Gasteiger partial charge on any atom is -0.342 e. The van der Waals surface area contributed by atoms with Crippen LogP contribution in [0.3, 0.4) is 0 Å². The molecule has 0 spiro atoms. The monoisotopic (exact) mass is 197 g/mol. The van der Waals surface area contributed by atoms with Crippen molar-refractivity contribution in [2.75, 3.05) is 12.7 Å². The number of hydrogen-bond donors (Lipinski definition) is 2. The van der Waals surface area contributed by atoms with Crippen LogP contribution in [0.2, 0.25) is 0 Å². The predicted molar refractivity (Wildman–Crippen MR) is 48.2 cm³/mol. The van der Waals surface area contributed by atoms with Gasteiger partial charge in [-0.3, -0.25) is 4.57 Å². The number of alkyl halides is 1. The summed E-state index contributed by atoms with van der Waals surface area (Å²) in [5.74, 6) is -1.63. The van der Waals surface area contributed by atoms with E-state index in [0.29, 0.717) is 6.42 Å². The van der Waals surface area contributed by atoms with Crippen molar-refractivity contribution in [1.29, 1.82) is 0 Å². The maximum atomic E-state index is 12.9. The molecule has 0 bridgehead atoms. The Bertz CT molecular complexity index is 165. The third kappa shape index (κ3) is 4.19. The summed E-state index contributed by atoms with van der Waals surface area (Å²) in [4.78, 5) is 9.17. The normalized spacial score (nSPS) is 18.7. The molecule has 0 aromatic carbocycles. The molecule has 0 aliphatic heterocycles. The molecule has 0 fully saturated rings. The highest BCUT2D eigenvalue weighted by Crippen LogP contribution is 2.48. The minimum absolute atomic E-state index is 0.0164. The molecule has 0 aliphatic rings. The highest BCUT2D eigenvalue weighted by Gasteiger charge is 2.28. The standard InChI is InChI=1S/C7H17FNO2P/c1-2-3-6-12(10,11)7(8)4-5-9/h7H,2-6,9H2,1H3,(H,10,11)/t7-/m1/s1. The molecule has 0 amide bonds. The van der Waals surface area contributed by atoms with E-state index in [1.807, 2.05) is 6.92 Å². The van der Waals surface area contributed by atoms with Crippen LogP contribution >= 0.6 is 7.37 Å². The number of hydrogen-bond acceptors (Lipinski definition) is 2. The fourth-order valence-electron chi connectivity index (χ4n) is 0.864. The van der Waals surface area contributed by atoms with Crippen molar-refractivity contribution in [3.8, 4) is 0 Å². The lowest BCUT2D eigenvalue weighted by molar-refractivity contribution is 0.356. The molecular formula is C7H17FNO2P. The van der Waals surface area contributed by atoms with E-state index in [9.17, 15) is 13.8 Å². The lowest BCUT2D eigenvalue weighted by Crippen LogP contribution is -2.11. The van der Waals surface area contributed by atoms with Gasteiger partial charge in [0.1, 0.15) is 0 Å². The van der Waals surface area contributed by atoms with Gasteiger partial charge in [0.15, 0.2) is 5.91 Å². The fraction of sp³-hybridized carbons (Fsp3) is 1.00. The van der Waals surface area contributed by atoms with Gasteiger partial charge >= 0.3 is 0 Å². The first kappa shape index (κ1) is 12.1. The molecule has 3 nitrogen and oxygen atoms in total. The largest absolute Gasteiger partial charge is 0.342 e. The summed E-state index contributed by atoms with van der Waals surface area (Å²) in [5, 5.41) is 0. The molecule has 0 aromatic rings. The predicted octanol–water partition coefficient (Wildman–Crippen LogP) is 1.70. The van der Waals surface area contributed by atoms with Gasteiger partial charge in [0.2, 0.25) is 7.37 Å². The van der Waals surface area contributed by atoms with Gasteiger partial charge in [0, 0.05) is 12.6 Å². The van der Waals surface area contributed by atoms with Crippen molar-refractivity contribution in [1.82, 2.24) is 0 Å². The maximum absolute atomic E-state index is 12.9. The van der Waals surface area contributed by atoms with Crippen LogP contribution in [0.4, 0.5) is 4.39 Å². The minimum atomic E-state index is -3.56. The van der Waals surface area contributed by atoms with Crippen molar-refractivity contribution in [2.24, 2.45) is 5.73 Å². The summed E-state index contributed by atoms with van der Waals surface area (Å²) in [5.41, 5.74) is 5.08. The van der Waals surface area contributed by atoms with Gasteiger partial charge in [-0.2, -0.15) is 0 Å². The maximum Gasteiger partial charge on any atom is 0.233 e. The van der Waals surface area contributed by atoms with Crippen LogP contribution in [-0.2, 0) is 4.57 Å². The van der Waals surface area contributed by atoms with Crippen molar-refractivity contribution >= 4 is 7.37 Å². The number of rotatable bonds is 6. The molecule has 0 aromatic heterocycles. The van der Waals surface area contributed by atoms with Crippen LogP contribution < -0.4 is 5.73 Å². The van der Waals surface area contributed by atoms with Crippen LogP contribution in [0.25, 0.3) is 0 Å². The Hall–Kier alpha value is 0.0800. The summed E-state index contributed by atoms with van der Waals surface area (Å²) >= 11 is 0. The molecule has 3 N–H and O–H groups in total. The Morgan fingerprint density at radius 1 is 1.67 bits per heavy atom. The molecule has 74 valence electrons. The third-order valence-corrected chi connectivity index (χ3v) is 3.77. The van der Waals surface area contributed by atoms with Gasteiger partial charge in [0.05, 0.1) is 0 Å². The first-order valence-electron chi connectivity index (χ1n) is 4.20. The van der Waals surface area contributed by atoms with E-state index in [4.69, 9.17) is 5.73 Å². The van der Waals surface area contributed by atoms with E-state index in [0.717, 1.165) is 6.42 Å². The molecule has 0 saturated carbocycles. The molecule has 1 unspecified atom stereocenters. The number of unbranched alkanes of at least 4 members (excludes halogenated alkanes) is 1. The Balaban J connectivity index is 3.91. The lowest BCUT2D eigenvalue weighted by Gasteiger charge is -2.14. The van der Waals surface area contributed by atoms with E-state index in [2.05, 4.69) is 0 Å². The average Bonchev–Trinajstić information content (AvgIpc) is 2.01. The second-order valence-electron chi connectivity index (χ2n) is 2.84. The van der Waals surface area contributed by atoms with Gasteiger partial charge in [0.25, 0.3) is 0 Å². The van der Waals surface area contributed by atoms with Crippen LogP contribution in [0.15, 0.2) is 0 Å². The highest BCUT2D eigenvalue weighted by atomic mass is 31.2. The van der Waals surface area contributed by atoms with E-state index in [1.54, 1.807) is 0 Å². The molecule has 2 atom stereocenters. The van der Waals surface area contributed by atoms with Gasteiger partial charge in [-0.15, -0.1) is 0 Å². The van der Waals surface area contributed by atoms with Crippen molar-refractivity contribution < 1.29 is 13.8 Å². The number of halogens is 1. The molecule has 0 rings (SSSR count). The van der Waals surface area contributed by atoms with Crippen molar-refractivity contribution in [3.05, 3.63) is 0 Å². The van der Waals surface area contributed by atoms with Crippen LogP contribution in [0, 0.1) is 0 Å². The molecule has 0 radical (unpaired) electrons. The molecule has 12 heavy (non-hydrogen) atoms. The van der Waals surface area contributed by atoms with Crippen molar-refractivity contribution in [3.63, 3.8) is 0 Å². The van der Waals surface area contributed by atoms with Gasteiger partial charge in [-0.1, -0.05) is 13.3 Å². The second kappa shape index (κ2) is 5.68. The zero-order valence-corrected chi connectivity index (χ0v) is 8.27. The van der Waals surface area contributed by atoms with Crippen LogP contribution in [0.5, 0.6) is 0 Å². The molecule has 0 heterocycles. The van der Waals surface area contributed by atoms with Crippen LogP contribution in [-0.4, -0.2) is 23.5 Å². The summed E-state index contributed by atoms with van der Waals surface area (Å²) in [6, 6.07) is 0. The molecule has 5 heteroatoms. The Labute approximate surface area is 72.6 Å². The quantitative estimate of drug-likeness (QED) is 0.637. The average molecular weight is 197 g/mol. The van der Waals surface area contributed by atoms with E-state index < -0.39 is 13.3 Å². The van der Waals surface area contributed by atoms with E-state index in [-0.39, 0.29) is 19.1 Å². The SMILES string of the molecule is CCCCP(=O)(O)[C@@H](F)CCN. The van der Waals surface area contributed by atoms with E-state index in [1.165, 1.54) is 0 Å². The number of nitrogens with two attached hydrogens (primary N) is 1. The van der Waals surface area contributed by atoms with Gasteiger partial charge in [-0.05, 0) is 13.0 Å². The first-order chi connectivity index (χ1) is 5.54. The zero-order chi connectivity index (χ0) is 9.61. The van der Waals surface area contributed by atoms with Crippen molar-refractivity contribution in [2.45, 2.75) is 32.1 Å². The Morgan fingerprint density at radius 2 is 2.25 bits per heavy atom. The second-order valence-corrected chi connectivity index (χ2v) is 5.36. The summed E-state index contributed by atoms with van der Waals surface area (Å²) in [6.07, 6.45) is 1.46. The Morgan fingerprint density at radius 3 is 2.67 bits per heavy atom. The smallest absolute Gasteiger partial charge is 0.233 e. The molecular weight excluding hydrogens is 180 g/mol. The highest BCUT2D eigenvalue weighted by molar-refractivity contribution is 7.58. The third-order valence-electron chi connectivity index (χ3n) is 1.67. The fourth-order valence-corrected chi connectivity index (χ4v) is 2.47. The molecule has 0 saturated heterocycles. The van der Waals surface area contributed by atoms with Crippen LogP contribution in [0.1, 0.15) is 26.2 Å². The summed E-state index contributed by atoms with van der Waals surface area (Å²) in [7, 11) is -3.56. The first-order valence-corrected chi connectivity index (χ1v) is 6.11. The molecule has 0 aliphatic carbocycles. The summed E-state index contributed by atoms with van der Waals surface area (Å²) < 4.78 is 24.1. The van der Waals surface area contributed by atoms with Gasteiger partial charge < -0.3 is 10.6 Å². The zero-order valence-electron chi connectivity index (χ0n) is 7.37. The van der Waals surface area contributed by atoms with Gasteiger partial charge in [-0.25, -0.2) is 4.39 Å². The van der Waals surface area contributed by atoms with E-state index >= 15 is 0 Å². The summed E-state index contributed by atoms with van der Waals surface area (Å²) in [6.45, 7) is 2.02. The Kier molecular flexibility index (Phi) is 5.72. The lowest BCUT2D eigenvalue weighted by atomic mass is 10.4.